The molecule has 1 saturated heterocycles. The number of carbonyl (C=O) groups is 1. The molecular formula is C21H24N2O3S. The first kappa shape index (κ1) is 18.3. The summed E-state index contributed by atoms with van der Waals surface area (Å²) in [6.45, 7) is 4.41. The number of sulfonamides is 1. The van der Waals surface area contributed by atoms with Crippen LogP contribution in [0.4, 0.5) is 0 Å². The largest absolute Gasteiger partial charge is 0.295 e. The van der Waals surface area contributed by atoms with E-state index in [-0.39, 0.29) is 16.7 Å². The van der Waals surface area contributed by atoms with Crippen molar-refractivity contribution < 1.29 is 13.2 Å². The van der Waals surface area contributed by atoms with E-state index in [4.69, 9.17) is 0 Å². The molecule has 5 nitrogen and oxygen atoms in total. The van der Waals surface area contributed by atoms with Gasteiger partial charge >= 0.3 is 0 Å². The summed E-state index contributed by atoms with van der Waals surface area (Å²) < 4.78 is 27.5. The van der Waals surface area contributed by atoms with Crippen molar-refractivity contribution in [3.63, 3.8) is 0 Å². The van der Waals surface area contributed by atoms with Crippen molar-refractivity contribution in [1.82, 2.24) is 9.21 Å². The average Bonchev–Trinajstić information content (AvgIpc) is 3.19. The van der Waals surface area contributed by atoms with Crippen LogP contribution in [0.1, 0.15) is 34.8 Å². The monoisotopic (exact) mass is 384 g/mol. The first-order valence-corrected chi connectivity index (χ1v) is 10.8. The molecule has 27 heavy (non-hydrogen) atoms. The molecule has 2 aromatic carbocycles. The van der Waals surface area contributed by atoms with Gasteiger partial charge in [-0.25, -0.2) is 8.42 Å². The molecule has 0 aromatic heterocycles. The van der Waals surface area contributed by atoms with Gasteiger partial charge in [0.05, 0.1) is 4.90 Å². The van der Waals surface area contributed by atoms with Crippen molar-refractivity contribution in [1.29, 1.82) is 0 Å². The lowest BCUT2D eigenvalue weighted by Gasteiger charge is -2.33. The molecule has 0 saturated carbocycles. The predicted octanol–water partition coefficient (Wildman–Crippen LogP) is 2.71. The van der Waals surface area contributed by atoms with Crippen molar-refractivity contribution >= 4 is 15.8 Å². The molecule has 2 aromatic rings. The highest BCUT2D eigenvalue weighted by molar-refractivity contribution is 7.89. The zero-order chi connectivity index (χ0) is 19.0. The summed E-state index contributed by atoms with van der Waals surface area (Å²) in [5.41, 5.74) is 3.28. The van der Waals surface area contributed by atoms with E-state index >= 15 is 0 Å². The Morgan fingerprint density at radius 1 is 1.00 bits per heavy atom. The second-order valence-corrected chi connectivity index (χ2v) is 9.31. The Balaban J connectivity index is 1.47. The molecule has 2 heterocycles. The quantitative estimate of drug-likeness (QED) is 0.761. The lowest BCUT2D eigenvalue weighted by Crippen LogP contribution is -2.41. The molecule has 0 spiro atoms. The molecule has 0 N–H and O–H groups in total. The maximum atomic E-state index is 13.0. The van der Waals surface area contributed by atoms with Crippen LogP contribution in [0.25, 0.3) is 0 Å². The van der Waals surface area contributed by atoms with Gasteiger partial charge in [0.2, 0.25) is 10.0 Å². The Bertz CT molecular complexity index is 954. The van der Waals surface area contributed by atoms with Crippen LogP contribution in [-0.2, 0) is 23.0 Å². The minimum atomic E-state index is -3.52. The number of carbonyl (C=O) groups excluding carboxylic acids is 1. The standard InChI is InChI=1S/C21H24N2O3S/c1-16(24)17-6-8-21(9-7-17)27(25,26)23-13-11-20(15-23)22-12-10-18-4-2-3-5-19(18)14-22/h2-9,20H,10-15H2,1H3. The summed E-state index contributed by atoms with van der Waals surface area (Å²) >= 11 is 0. The second-order valence-electron chi connectivity index (χ2n) is 7.38. The number of hydrogen-bond donors (Lipinski definition) is 0. The number of benzene rings is 2. The van der Waals surface area contributed by atoms with E-state index in [2.05, 4.69) is 29.2 Å². The van der Waals surface area contributed by atoms with Crippen molar-refractivity contribution in [3.8, 4) is 0 Å². The number of Topliss-reactive ketones (excluding diaryl/α,β-unsaturated/α-hetero) is 1. The smallest absolute Gasteiger partial charge is 0.243 e. The average molecular weight is 385 g/mol. The van der Waals surface area contributed by atoms with Crippen LogP contribution in [0.15, 0.2) is 53.4 Å². The fourth-order valence-corrected chi connectivity index (χ4v) is 5.56. The van der Waals surface area contributed by atoms with E-state index in [0.29, 0.717) is 18.7 Å². The summed E-state index contributed by atoms with van der Waals surface area (Å²) in [6.07, 6.45) is 1.87. The molecule has 0 radical (unpaired) electrons. The van der Waals surface area contributed by atoms with E-state index in [9.17, 15) is 13.2 Å². The van der Waals surface area contributed by atoms with E-state index < -0.39 is 10.0 Å². The molecule has 1 atom stereocenters. The van der Waals surface area contributed by atoms with Gasteiger partial charge < -0.3 is 0 Å². The van der Waals surface area contributed by atoms with Crippen LogP contribution < -0.4 is 0 Å². The van der Waals surface area contributed by atoms with E-state index in [1.807, 2.05) is 0 Å². The molecule has 2 aliphatic rings. The summed E-state index contributed by atoms with van der Waals surface area (Å²) in [5.74, 6) is -0.0643. The van der Waals surface area contributed by atoms with Crippen molar-refractivity contribution in [3.05, 3.63) is 65.2 Å². The molecule has 6 heteroatoms. The fraction of sp³-hybridized carbons (Fsp3) is 0.381. The van der Waals surface area contributed by atoms with Crippen molar-refractivity contribution in [2.24, 2.45) is 0 Å². The van der Waals surface area contributed by atoms with Gasteiger partial charge in [0, 0.05) is 37.8 Å². The minimum Gasteiger partial charge on any atom is -0.295 e. The van der Waals surface area contributed by atoms with Gasteiger partial charge in [-0.05, 0) is 43.0 Å². The fourth-order valence-electron chi connectivity index (χ4n) is 4.07. The Labute approximate surface area is 160 Å². The van der Waals surface area contributed by atoms with E-state index in [0.717, 1.165) is 25.9 Å². The summed E-state index contributed by atoms with van der Waals surface area (Å²) in [5, 5.41) is 0. The maximum absolute atomic E-state index is 13.0. The molecule has 0 aliphatic carbocycles. The highest BCUT2D eigenvalue weighted by Crippen LogP contribution is 2.27. The maximum Gasteiger partial charge on any atom is 0.243 e. The van der Waals surface area contributed by atoms with Gasteiger partial charge in [-0.15, -0.1) is 0 Å². The summed E-state index contributed by atoms with van der Waals surface area (Å²) in [4.78, 5) is 14.1. The van der Waals surface area contributed by atoms with Crippen molar-refractivity contribution in [2.75, 3.05) is 19.6 Å². The zero-order valence-electron chi connectivity index (χ0n) is 15.5. The van der Waals surface area contributed by atoms with E-state index in [1.54, 1.807) is 16.4 Å². The molecule has 2 aliphatic heterocycles. The molecule has 1 fully saturated rings. The second kappa shape index (κ2) is 7.19. The Hall–Kier alpha value is -2.02. The van der Waals surface area contributed by atoms with Crippen LogP contribution in [0.5, 0.6) is 0 Å². The molecule has 1 unspecified atom stereocenters. The highest BCUT2D eigenvalue weighted by atomic mass is 32.2. The Kier molecular flexibility index (Phi) is 4.88. The SMILES string of the molecule is CC(=O)c1ccc(S(=O)(=O)N2CCC(N3CCc4ccccc4C3)C2)cc1. The van der Waals surface area contributed by atoms with Crippen LogP contribution in [-0.4, -0.2) is 49.1 Å². The van der Waals surface area contributed by atoms with Gasteiger partial charge in [-0.1, -0.05) is 36.4 Å². The summed E-state index contributed by atoms with van der Waals surface area (Å²) in [7, 11) is -3.52. The third-order valence-electron chi connectivity index (χ3n) is 5.70. The molecule has 0 amide bonds. The first-order valence-electron chi connectivity index (χ1n) is 9.37. The molecular weight excluding hydrogens is 360 g/mol. The van der Waals surface area contributed by atoms with Gasteiger partial charge in [0.1, 0.15) is 0 Å². The van der Waals surface area contributed by atoms with Crippen LogP contribution in [0.2, 0.25) is 0 Å². The number of fused-ring (bicyclic) bond motifs is 1. The van der Waals surface area contributed by atoms with Gasteiger partial charge in [-0.2, -0.15) is 4.31 Å². The van der Waals surface area contributed by atoms with Gasteiger partial charge in [0.15, 0.2) is 5.78 Å². The van der Waals surface area contributed by atoms with Crippen LogP contribution >= 0.6 is 0 Å². The number of nitrogens with zero attached hydrogens (tertiary/aromatic N) is 2. The predicted molar refractivity (Wildman–Crippen MR) is 104 cm³/mol. The Morgan fingerprint density at radius 3 is 2.41 bits per heavy atom. The highest BCUT2D eigenvalue weighted by Gasteiger charge is 2.36. The van der Waals surface area contributed by atoms with E-state index in [1.165, 1.54) is 30.2 Å². The number of ketones is 1. The van der Waals surface area contributed by atoms with Gasteiger partial charge in [0.25, 0.3) is 0 Å². The molecule has 4 rings (SSSR count). The third-order valence-corrected chi connectivity index (χ3v) is 7.58. The third kappa shape index (κ3) is 3.57. The number of rotatable bonds is 4. The summed E-state index contributed by atoms with van der Waals surface area (Å²) in [6, 6.07) is 15.0. The minimum absolute atomic E-state index is 0.0643. The van der Waals surface area contributed by atoms with Crippen LogP contribution in [0, 0.1) is 0 Å². The molecule has 0 bridgehead atoms. The van der Waals surface area contributed by atoms with Crippen LogP contribution in [0.3, 0.4) is 0 Å². The zero-order valence-corrected chi connectivity index (χ0v) is 16.3. The first-order chi connectivity index (χ1) is 12.9. The normalized spacial score (nSPS) is 21.1. The lowest BCUT2D eigenvalue weighted by atomic mass is 9.98. The Morgan fingerprint density at radius 2 is 1.70 bits per heavy atom. The topological polar surface area (TPSA) is 57.7 Å². The van der Waals surface area contributed by atoms with Crippen molar-refractivity contribution in [2.45, 2.75) is 37.2 Å². The lowest BCUT2D eigenvalue weighted by molar-refractivity contribution is 0.101. The molecule has 142 valence electrons. The van der Waals surface area contributed by atoms with Gasteiger partial charge in [-0.3, -0.25) is 9.69 Å². The number of hydrogen-bond acceptors (Lipinski definition) is 4.